The number of carbonyl (C=O) groups is 2. The number of pyridine rings is 1. The first kappa shape index (κ1) is 19.8. The zero-order valence-corrected chi connectivity index (χ0v) is 17.1. The predicted octanol–water partition coefficient (Wildman–Crippen LogP) is 2.16. The second-order valence-corrected chi connectivity index (χ2v) is 7.24. The molecule has 1 aliphatic heterocycles. The first-order chi connectivity index (χ1) is 14.5. The molecule has 1 fully saturated rings. The molecule has 8 nitrogen and oxygen atoms in total. The van der Waals surface area contributed by atoms with Crippen LogP contribution in [0.25, 0.3) is 5.65 Å². The van der Waals surface area contributed by atoms with Gasteiger partial charge in [-0.05, 0) is 48.9 Å². The molecule has 3 aromatic rings. The minimum Gasteiger partial charge on any atom is -0.497 e. The molecule has 2 aromatic heterocycles. The summed E-state index contributed by atoms with van der Waals surface area (Å²) in [7, 11) is 1.64. The van der Waals surface area contributed by atoms with Crippen LogP contribution in [0, 0.1) is 6.92 Å². The van der Waals surface area contributed by atoms with Crippen LogP contribution in [-0.2, 0) is 9.53 Å². The maximum absolute atomic E-state index is 12.5. The maximum Gasteiger partial charge on any atom is 0.359 e. The van der Waals surface area contributed by atoms with Crippen molar-refractivity contribution >= 4 is 23.2 Å². The van der Waals surface area contributed by atoms with Crippen LogP contribution >= 0.6 is 0 Å². The fourth-order valence-corrected chi connectivity index (χ4v) is 3.48. The number of aromatic nitrogens is 2. The van der Waals surface area contributed by atoms with Gasteiger partial charge in [0.2, 0.25) is 0 Å². The highest BCUT2D eigenvalue weighted by Gasteiger charge is 2.23. The number of methoxy groups -OCH3 is 1. The van der Waals surface area contributed by atoms with Gasteiger partial charge in [-0.25, -0.2) is 9.78 Å². The third-order valence-corrected chi connectivity index (χ3v) is 5.22. The molecule has 0 spiro atoms. The average molecular weight is 408 g/mol. The molecule has 1 aliphatic rings. The van der Waals surface area contributed by atoms with Crippen LogP contribution in [-0.4, -0.2) is 66.1 Å². The molecule has 0 radical (unpaired) electrons. The molecule has 156 valence electrons. The molecular weight excluding hydrogens is 384 g/mol. The van der Waals surface area contributed by atoms with Gasteiger partial charge in [0.05, 0.1) is 7.11 Å². The summed E-state index contributed by atoms with van der Waals surface area (Å²) in [6.45, 7) is 4.27. The molecule has 1 amide bonds. The van der Waals surface area contributed by atoms with E-state index in [-0.39, 0.29) is 18.2 Å². The first-order valence-electron chi connectivity index (χ1n) is 9.83. The second kappa shape index (κ2) is 8.44. The fraction of sp³-hybridized carbons (Fsp3) is 0.318. The van der Waals surface area contributed by atoms with Gasteiger partial charge in [0, 0.05) is 44.3 Å². The number of imidazole rings is 1. The number of nitrogens with zero attached hydrogens (tertiary/aromatic N) is 4. The number of benzene rings is 1. The van der Waals surface area contributed by atoms with E-state index in [0.717, 1.165) is 30.1 Å². The van der Waals surface area contributed by atoms with Gasteiger partial charge < -0.3 is 23.7 Å². The molecule has 0 atom stereocenters. The molecule has 4 rings (SSSR count). The highest BCUT2D eigenvalue weighted by molar-refractivity contribution is 5.90. The summed E-state index contributed by atoms with van der Waals surface area (Å²) < 4.78 is 12.1. The van der Waals surface area contributed by atoms with E-state index < -0.39 is 5.97 Å². The molecule has 30 heavy (non-hydrogen) atoms. The van der Waals surface area contributed by atoms with E-state index in [0.29, 0.717) is 18.7 Å². The summed E-state index contributed by atoms with van der Waals surface area (Å²) in [5.41, 5.74) is 3.01. The molecule has 3 heterocycles. The van der Waals surface area contributed by atoms with Crippen LogP contribution in [0.3, 0.4) is 0 Å². The molecule has 1 saturated heterocycles. The lowest BCUT2D eigenvalue weighted by Crippen LogP contribution is -2.49. The van der Waals surface area contributed by atoms with Crippen molar-refractivity contribution in [2.45, 2.75) is 6.92 Å². The summed E-state index contributed by atoms with van der Waals surface area (Å²) in [6, 6.07) is 11.7. The number of rotatable bonds is 5. The minimum atomic E-state index is -0.596. The van der Waals surface area contributed by atoms with E-state index in [2.05, 4.69) is 9.88 Å². The summed E-state index contributed by atoms with van der Waals surface area (Å²) in [4.78, 5) is 33.0. The van der Waals surface area contributed by atoms with Crippen molar-refractivity contribution in [1.29, 1.82) is 0 Å². The molecule has 1 aromatic carbocycles. The standard InChI is InChI=1S/C22H24N4O4/c1-16-7-8-26-14-19(23-20(26)13-16)22(28)30-15-21(27)25-11-9-24(10-12-25)17-3-5-18(29-2)6-4-17/h3-8,13-14H,9-12,15H2,1-2H3. The third-order valence-electron chi connectivity index (χ3n) is 5.22. The lowest BCUT2D eigenvalue weighted by molar-refractivity contribution is -0.134. The summed E-state index contributed by atoms with van der Waals surface area (Å²) in [5.74, 6) is 0.0223. The summed E-state index contributed by atoms with van der Waals surface area (Å²) >= 11 is 0. The van der Waals surface area contributed by atoms with Gasteiger partial charge in [0.1, 0.15) is 11.4 Å². The first-order valence-corrected chi connectivity index (χ1v) is 9.83. The quantitative estimate of drug-likeness (QED) is 0.602. The van der Waals surface area contributed by atoms with Crippen LogP contribution in [0.4, 0.5) is 5.69 Å². The van der Waals surface area contributed by atoms with E-state index >= 15 is 0 Å². The van der Waals surface area contributed by atoms with E-state index in [9.17, 15) is 9.59 Å². The number of hydrogen-bond donors (Lipinski definition) is 0. The Morgan fingerprint density at radius 3 is 2.50 bits per heavy atom. The highest BCUT2D eigenvalue weighted by atomic mass is 16.5. The zero-order valence-electron chi connectivity index (χ0n) is 17.1. The van der Waals surface area contributed by atoms with Crippen molar-refractivity contribution in [3.8, 4) is 5.75 Å². The van der Waals surface area contributed by atoms with Crippen molar-refractivity contribution in [2.75, 3.05) is 44.8 Å². The van der Waals surface area contributed by atoms with Crippen molar-refractivity contribution < 1.29 is 19.1 Å². The molecule has 0 bridgehead atoms. The van der Waals surface area contributed by atoms with Gasteiger partial charge in [-0.1, -0.05) is 0 Å². The van der Waals surface area contributed by atoms with E-state index in [1.807, 2.05) is 49.5 Å². The number of ether oxygens (including phenoxy) is 2. The molecular formula is C22H24N4O4. The van der Waals surface area contributed by atoms with E-state index in [1.165, 1.54) is 0 Å². The van der Waals surface area contributed by atoms with E-state index in [4.69, 9.17) is 9.47 Å². The Kier molecular flexibility index (Phi) is 5.56. The van der Waals surface area contributed by atoms with Gasteiger partial charge in [0.25, 0.3) is 5.91 Å². The molecule has 8 heteroatoms. The number of aryl methyl sites for hydroxylation is 1. The van der Waals surface area contributed by atoms with Gasteiger partial charge >= 0.3 is 5.97 Å². The Labute approximate surface area is 174 Å². The minimum absolute atomic E-state index is 0.192. The topological polar surface area (TPSA) is 76.4 Å². The van der Waals surface area contributed by atoms with Crippen LogP contribution < -0.4 is 9.64 Å². The SMILES string of the molecule is COc1ccc(N2CCN(C(=O)COC(=O)c3cn4ccc(C)cc4n3)CC2)cc1. The van der Waals surface area contributed by atoms with Crippen molar-refractivity contribution in [3.05, 3.63) is 60.0 Å². The summed E-state index contributed by atoms with van der Waals surface area (Å²) in [5, 5.41) is 0. The van der Waals surface area contributed by atoms with Gasteiger partial charge in [-0.3, -0.25) is 4.79 Å². The van der Waals surface area contributed by atoms with Gasteiger partial charge in [-0.15, -0.1) is 0 Å². The van der Waals surface area contributed by atoms with Crippen molar-refractivity contribution in [3.63, 3.8) is 0 Å². The number of fused-ring (bicyclic) bond motifs is 1. The molecule has 0 unspecified atom stereocenters. The number of piperazine rings is 1. The molecule has 0 N–H and O–H groups in total. The van der Waals surface area contributed by atoms with Crippen molar-refractivity contribution in [1.82, 2.24) is 14.3 Å². The monoisotopic (exact) mass is 408 g/mol. The largest absolute Gasteiger partial charge is 0.497 e. The second-order valence-electron chi connectivity index (χ2n) is 7.24. The van der Waals surface area contributed by atoms with Crippen LogP contribution in [0.15, 0.2) is 48.8 Å². The number of anilines is 1. The smallest absolute Gasteiger partial charge is 0.359 e. The number of esters is 1. The third kappa shape index (κ3) is 4.22. The van der Waals surface area contributed by atoms with Crippen LogP contribution in [0.5, 0.6) is 5.75 Å². The lowest BCUT2D eigenvalue weighted by Gasteiger charge is -2.36. The maximum atomic E-state index is 12.5. The van der Waals surface area contributed by atoms with Crippen LogP contribution in [0.1, 0.15) is 16.1 Å². The number of hydrogen-bond acceptors (Lipinski definition) is 6. The van der Waals surface area contributed by atoms with E-state index in [1.54, 1.807) is 22.6 Å². The number of amides is 1. The fourth-order valence-electron chi connectivity index (χ4n) is 3.48. The Morgan fingerprint density at radius 1 is 1.07 bits per heavy atom. The van der Waals surface area contributed by atoms with Gasteiger partial charge in [0.15, 0.2) is 12.3 Å². The normalized spacial score (nSPS) is 14.1. The number of carbonyl (C=O) groups excluding carboxylic acids is 2. The average Bonchev–Trinajstić information content (AvgIpc) is 3.21. The zero-order chi connectivity index (χ0) is 21.1. The Hall–Kier alpha value is -3.55. The van der Waals surface area contributed by atoms with Crippen LogP contribution in [0.2, 0.25) is 0 Å². The Morgan fingerprint density at radius 2 is 1.80 bits per heavy atom. The lowest BCUT2D eigenvalue weighted by atomic mass is 10.2. The predicted molar refractivity (Wildman–Crippen MR) is 112 cm³/mol. The Balaban J connectivity index is 1.28. The Bertz CT molecular complexity index is 1050. The molecule has 0 saturated carbocycles. The summed E-state index contributed by atoms with van der Waals surface area (Å²) in [6.07, 6.45) is 3.44. The van der Waals surface area contributed by atoms with Crippen molar-refractivity contribution in [2.24, 2.45) is 0 Å². The highest BCUT2D eigenvalue weighted by Crippen LogP contribution is 2.20. The van der Waals surface area contributed by atoms with Gasteiger partial charge in [-0.2, -0.15) is 0 Å². The molecule has 0 aliphatic carbocycles.